The van der Waals surface area contributed by atoms with E-state index in [2.05, 4.69) is 10.2 Å². The molecule has 1 saturated heterocycles. The molecule has 0 atom stereocenters. The smallest absolute Gasteiger partial charge is 0.407 e. The maximum absolute atomic E-state index is 11.2. The van der Waals surface area contributed by atoms with Gasteiger partial charge in [0.05, 0.1) is 6.10 Å². The van der Waals surface area contributed by atoms with E-state index in [1.807, 2.05) is 13.8 Å². The SMILES string of the molecule is CC(C)OC(=O)NCCCN1CCCCC1.[HH]. The number of nitrogens with one attached hydrogen (secondary N) is 1. The number of piperidine rings is 1. The molecule has 4 nitrogen and oxygen atoms in total. The van der Waals surface area contributed by atoms with Crippen molar-refractivity contribution < 1.29 is 11.0 Å². The third kappa shape index (κ3) is 5.95. The normalized spacial score (nSPS) is 17.4. The third-order valence-electron chi connectivity index (χ3n) is 2.71. The Labute approximate surface area is 99.8 Å². The van der Waals surface area contributed by atoms with E-state index in [-0.39, 0.29) is 13.6 Å². The molecule has 1 N–H and O–H groups in total. The van der Waals surface area contributed by atoms with Crippen LogP contribution in [0.5, 0.6) is 0 Å². The average Bonchev–Trinajstić information content (AvgIpc) is 2.25. The highest BCUT2D eigenvalue weighted by molar-refractivity contribution is 5.67. The first kappa shape index (κ1) is 13.3. The molecule has 1 fully saturated rings. The van der Waals surface area contributed by atoms with Crippen molar-refractivity contribution in [3.63, 3.8) is 0 Å². The predicted molar refractivity (Wildman–Crippen MR) is 66.6 cm³/mol. The van der Waals surface area contributed by atoms with E-state index in [9.17, 15) is 4.79 Å². The van der Waals surface area contributed by atoms with Gasteiger partial charge in [-0.05, 0) is 52.7 Å². The van der Waals surface area contributed by atoms with E-state index in [1.54, 1.807) is 0 Å². The second kappa shape index (κ2) is 7.49. The Bertz CT molecular complexity index is 207. The topological polar surface area (TPSA) is 41.6 Å². The van der Waals surface area contributed by atoms with Gasteiger partial charge in [0.2, 0.25) is 0 Å². The van der Waals surface area contributed by atoms with Gasteiger partial charge in [-0.2, -0.15) is 0 Å². The van der Waals surface area contributed by atoms with E-state index in [0.717, 1.165) is 13.0 Å². The molecular weight excluding hydrogens is 204 g/mol. The highest BCUT2D eigenvalue weighted by Crippen LogP contribution is 2.08. The highest BCUT2D eigenvalue weighted by Gasteiger charge is 2.09. The van der Waals surface area contributed by atoms with Gasteiger partial charge in [0.1, 0.15) is 0 Å². The van der Waals surface area contributed by atoms with E-state index < -0.39 is 0 Å². The summed E-state index contributed by atoms with van der Waals surface area (Å²) in [6.07, 6.45) is 4.68. The average molecular weight is 230 g/mol. The first-order valence-corrected chi connectivity index (χ1v) is 6.35. The van der Waals surface area contributed by atoms with Gasteiger partial charge in [0.25, 0.3) is 0 Å². The first-order valence-electron chi connectivity index (χ1n) is 6.35. The Kier molecular flexibility index (Phi) is 6.23. The zero-order valence-electron chi connectivity index (χ0n) is 10.5. The molecule has 0 bridgehead atoms. The maximum atomic E-state index is 11.2. The minimum atomic E-state index is -0.298. The fourth-order valence-corrected chi connectivity index (χ4v) is 1.93. The lowest BCUT2D eigenvalue weighted by Gasteiger charge is -2.26. The number of amides is 1. The lowest BCUT2D eigenvalue weighted by molar-refractivity contribution is 0.115. The Balaban J connectivity index is 0.00000256. The third-order valence-corrected chi connectivity index (χ3v) is 2.71. The number of alkyl carbamates (subject to hydrolysis) is 1. The molecule has 1 heterocycles. The van der Waals surface area contributed by atoms with Crippen LogP contribution in [-0.4, -0.2) is 43.3 Å². The Morgan fingerprint density at radius 2 is 2.06 bits per heavy atom. The Hall–Kier alpha value is -0.770. The second-order valence-electron chi connectivity index (χ2n) is 4.64. The van der Waals surface area contributed by atoms with Crippen molar-refractivity contribution in [2.24, 2.45) is 0 Å². The number of likely N-dealkylation sites (tertiary alicyclic amines) is 1. The number of rotatable bonds is 5. The summed E-state index contributed by atoms with van der Waals surface area (Å²) in [4.78, 5) is 13.6. The summed E-state index contributed by atoms with van der Waals surface area (Å²) in [5.74, 6) is 0. The molecule has 1 amide bonds. The lowest BCUT2D eigenvalue weighted by Crippen LogP contribution is -2.34. The van der Waals surface area contributed by atoms with E-state index in [0.29, 0.717) is 6.54 Å². The minimum Gasteiger partial charge on any atom is -0.447 e. The summed E-state index contributed by atoms with van der Waals surface area (Å²) in [5, 5.41) is 2.77. The van der Waals surface area contributed by atoms with Crippen LogP contribution < -0.4 is 5.32 Å². The largest absolute Gasteiger partial charge is 0.447 e. The standard InChI is InChI=1S/C12H24N2O2.H2/c1-11(2)16-12(15)13-7-6-10-14-8-4-3-5-9-14;/h11H,3-10H2,1-2H3,(H,13,15);1H. The van der Waals surface area contributed by atoms with Crippen LogP contribution in [0.4, 0.5) is 4.79 Å². The van der Waals surface area contributed by atoms with E-state index in [4.69, 9.17) is 4.74 Å². The molecule has 1 aliphatic heterocycles. The second-order valence-corrected chi connectivity index (χ2v) is 4.64. The van der Waals surface area contributed by atoms with Gasteiger partial charge in [-0.1, -0.05) is 6.42 Å². The molecule has 0 saturated carbocycles. The Morgan fingerprint density at radius 1 is 1.38 bits per heavy atom. The van der Waals surface area contributed by atoms with Gasteiger partial charge in [-0.3, -0.25) is 0 Å². The highest BCUT2D eigenvalue weighted by atomic mass is 16.6. The van der Waals surface area contributed by atoms with E-state index in [1.165, 1.54) is 32.4 Å². The van der Waals surface area contributed by atoms with Crippen LogP contribution in [0.25, 0.3) is 0 Å². The number of hydrogen-bond donors (Lipinski definition) is 1. The summed E-state index contributed by atoms with van der Waals surface area (Å²) >= 11 is 0. The van der Waals surface area contributed by atoms with Crippen LogP contribution in [-0.2, 0) is 4.74 Å². The number of hydrogen-bond acceptors (Lipinski definition) is 3. The van der Waals surface area contributed by atoms with Gasteiger partial charge in [-0.25, -0.2) is 4.79 Å². The van der Waals surface area contributed by atoms with Crippen molar-refractivity contribution in [3.05, 3.63) is 0 Å². The molecule has 0 aliphatic carbocycles. The van der Waals surface area contributed by atoms with Crippen molar-refractivity contribution in [2.45, 2.75) is 45.6 Å². The predicted octanol–water partition coefficient (Wildman–Crippen LogP) is 2.24. The molecule has 0 radical (unpaired) electrons. The molecule has 0 aromatic carbocycles. The Morgan fingerprint density at radius 3 is 2.69 bits per heavy atom. The monoisotopic (exact) mass is 230 g/mol. The van der Waals surface area contributed by atoms with Gasteiger partial charge < -0.3 is 15.0 Å². The van der Waals surface area contributed by atoms with Gasteiger partial charge >= 0.3 is 6.09 Å². The molecule has 0 unspecified atom stereocenters. The zero-order valence-corrected chi connectivity index (χ0v) is 10.5. The summed E-state index contributed by atoms with van der Waals surface area (Å²) in [5.41, 5.74) is 0. The van der Waals surface area contributed by atoms with Crippen molar-refractivity contribution in [3.8, 4) is 0 Å². The quantitative estimate of drug-likeness (QED) is 0.736. The van der Waals surface area contributed by atoms with Crippen LogP contribution in [0.3, 0.4) is 0 Å². The van der Waals surface area contributed by atoms with Crippen LogP contribution in [0, 0.1) is 0 Å². The lowest BCUT2D eigenvalue weighted by atomic mass is 10.1. The van der Waals surface area contributed by atoms with Crippen LogP contribution in [0.15, 0.2) is 0 Å². The summed E-state index contributed by atoms with van der Waals surface area (Å²) in [6.45, 7) is 7.94. The van der Waals surface area contributed by atoms with Crippen LogP contribution in [0.1, 0.15) is 41.0 Å². The maximum Gasteiger partial charge on any atom is 0.407 e. The number of nitrogens with zero attached hydrogens (tertiary/aromatic N) is 1. The van der Waals surface area contributed by atoms with E-state index >= 15 is 0 Å². The van der Waals surface area contributed by atoms with Crippen molar-refractivity contribution in [2.75, 3.05) is 26.2 Å². The zero-order chi connectivity index (χ0) is 11.8. The summed E-state index contributed by atoms with van der Waals surface area (Å²) in [6, 6.07) is 0. The molecule has 0 aromatic rings. The summed E-state index contributed by atoms with van der Waals surface area (Å²) < 4.78 is 4.98. The van der Waals surface area contributed by atoms with Crippen molar-refractivity contribution in [1.29, 1.82) is 0 Å². The van der Waals surface area contributed by atoms with Gasteiger partial charge in [0, 0.05) is 7.97 Å². The molecule has 96 valence electrons. The fraction of sp³-hybridized carbons (Fsp3) is 0.917. The molecule has 0 aromatic heterocycles. The molecule has 1 rings (SSSR count). The molecule has 16 heavy (non-hydrogen) atoms. The van der Waals surface area contributed by atoms with Crippen LogP contribution in [0.2, 0.25) is 0 Å². The first-order chi connectivity index (χ1) is 7.68. The van der Waals surface area contributed by atoms with Gasteiger partial charge in [-0.15, -0.1) is 0 Å². The molecule has 1 aliphatic rings. The van der Waals surface area contributed by atoms with Crippen molar-refractivity contribution in [1.82, 2.24) is 10.2 Å². The fourth-order valence-electron chi connectivity index (χ4n) is 1.93. The molecule has 0 spiro atoms. The summed E-state index contributed by atoms with van der Waals surface area (Å²) in [7, 11) is 0. The number of carbonyl (C=O) groups excluding carboxylic acids is 1. The van der Waals surface area contributed by atoms with Crippen LogP contribution >= 0.6 is 0 Å². The number of ether oxygens (including phenoxy) is 1. The minimum absolute atomic E-state index is 0. The van der Waals surface area contributed by atoms with Gasteiger partial charge in [0.15, 0.2) is 0 Å². The number of carbonyl (C=O) groups is 1. The molecular formula is C12H26N2O2. The van der Waals surface area contributed by atoms with Crippen molar-refractivity contribution >= 4 is 6.09 Å². The molecule has 4 heteroatoms.